The van der Waals surface area contributed by atoms with Crippen LogP contribution in [0.5, 0.6) is 0 Å². The molecule has 1 aromatic carbocycles. The van der Waals surface area contributed by atoms with Gasteiger partial charge in [-0.3, -0.25) is 4.79 Å². The third-order valence-electron chi connectivity index (χ3n) is 2.26. The normalized spacial score (nSPS) is 12.0. The molecule has 16 heavy (non-hydrogen) atoms. The number of anilines is 1. The quantitative estimate of drug-likeness (QED) is 0.799. The molecule has 1 atom stereocenters. The van der Waals surface area contributed by atoms with Crippen LogP contribution in [0.3, 0.4) is 0 Å². The highest BCUT2D eigenvalue weighted by molar-refractivity contribution is 5.72. The molecule has 0 bridgehead atoms. The van der Waals surface area contributed by atoms with Crippen molar-refractivity contribution in [3.63, 3.8) is 0 Å². The molecular formula is C12H16FNO2. The third kappa shape index (κ3) is 3.53. The Balaban J connectivity index is 2.57. The van der Waals surface area contributed by atoms with E-state index in [2.05, 4.69) is 10.1 Å². The van der Waals surface area contributed by atoms with Crippen LogP contribution in [-0.2, 0) is 9.53 Å². The fourth-order valence-electron chi connectivity index (χ4n) is 1.39. The Morgan fingerprint density at radius 2 is 2.19 bits per heavy atom. The Hall–Kier alpha value is -1.58. The lowest BCUT2D eigenvalue weighted by Crippen LogP contribution is -2.21. The molecule has 0 radical (unpaired) electrons. The van der Waals surface area contributed by atoms with Crippen molar-refractivity contribution < 1.29 is 13.9 Å². The van der Waals surface area contributed by atoms with Crippen molar-refractivity contribution in [3.8, 4) is 0 Å². The highest BCUT2D eigenvalue weighted by atomic mass is 19.1. The highest BCUT2D eigenvalue weighted by Gasteiger charge is 2.12. The Morgan fingerprint density at radius 1 is 1.50 bits per heavy atom. The predicted octanol–water partition coefficient (Wildman–Crippen LogP) is 2.36. The molecule has 88 valence electrons. The lowest BCUT2D eigenvalue weighted by Gasteiger charge is -2.12. The lowest BCUT2D eigenvalue weighted by atomic mass is 10.1. The van der Waals surface area contributed by atoms with E-state index in [1.165, 1.54) is 19.2 Å². The van der Waals surface area contributed by atoms with Crippen LogP contribution < -0.4 is 5.32 Å². The molecule has 0 amide bonds. The number of halogens is 1. The van der Waals surface area contributed by atoms with E-state index in [9.17, 15) is 9.18 Å². The second kappa shape index (κ2) is 5.49. The number of hydrogen-bond donors (Lipinski definition) is 1. The zero-order valence-electron chi connectivity index (χ0n) is 9.71. The van der Waals surface area contributed by atoms with Crippen molar-refractivity contribution >= 4 is 11.7 Å². The first-order valence-electron chi connectivity index (χ1n) is 5.12. The predicted molar refractivity (Wildman–Crippen MR) is 60.8 cm³/mol. The second-order valence-electron chi connectivity index (χ2n) is 3.82. The topological polar surface area (TPSA) is 38.3 Å². The minimum Gasteiger partial charge on any atom is -0.469 e. The first kappa shape index (κ1) is 12.5. The van der Waals surface area contributed by atoms with E-state index in [0.717, 1.165) is 5.56 Å². The van der Waals surface area contributed by atoms with Gasteiger partial charge in [-0.15, -0.1) is 0 Å². The summed E-state index contributed by atoms with van der Waals surface area (Å²) < 4.78 is 17.6. The van der Waals surface area contributed by atoms with Crippen molar-refractivity contribution in [2.24, 2.45) is 5.92 Å². The van der Waals surface area contributed by atoms with Crippen molar-refractivity contribution in [2.75, 3.05) is 19.0 Å². The average molecular weight is 225 g/mol. The molecule has 1 rings (SSSR count). The molecule has 1 aromatic rings. The smallest absolute Gasteiger partial charge is 0.310 e. The van der Waals surface area contributed by atoms with Crippen LogP contribution in [0.4, 0.5) is 10.1 Å². The fraction of sp³-hybridized carbons (Fsp3) is 0.417. The molecule has 4 heteroatoms. The molecule has 3 nitrogen and oxygen atoms in total. The molecule has 0 fully saturated rings. The van der Waals surface area contributed by atoms with Gasteiger partial charge in [0.15, 0.2) is 0 Å². The summed E-state index contributed by atoms with van der Waals surface area (Å²) in [4.78, 5) is 11.1. The molecule has 1 unspecified atom stereocenters. The molecule has 0 heterocycles. The summed E-state index contributed by atoms with van der Waals surface area (Å²) >= 11 is 0. The average Bonchev–Trinajstić information content (AvgIpc) is 2.23. The summed E-state index contributed by atoms with van der Waals surface area (Å²) in [5, 5.41) is 3.00. The summed E-state index contributed by atoms with van der Waals surface area (Å²) in [6.45, 7) is 4.00. The first-order valence-corrected chi connectivity index (χ1v) is 5.12. The molecule has 0 saturated heterocycles. The van der Waals surface area contributed by atoms with E-state index in [1.807, 2.05) is 13.0 Å². The number of ether oxygens (including phenoxy) is 1. The number of carbonyl (C=O) groups is 1. The Kier molecular flexibility index (Phi) is 4.28. The molecule has 0 saturated carbocycles. The van der Waals surface area contributed by atoms with E-state index in [0.29, 0.717) is 12.2 Å². The van der Waals surface area contributed by atoms with Gasteiger partial charge in [0, 0.05) is 12.2 Å². The maximum Gasteiger partial charge on any atom is 0.310 e. The van der Waals surface area contributed by atoms with Crippen LogP contribution >= 0.6 is 0 Å². The summed E-state index contributed by atoms with van der Waals surface area (Å²) in [6.07, 6.45) is 0. The zero-order chi connectivity index (χ0) is 12.1. The van der Waals surface area contributed by atoms with Crippen LogP contribution in [0.1, 0.15) is 12.5 Å². The molecule has 0 aromatic heterocycles. The summed E-state index contributed by atoms with van der Waals surface area (Å²) in [6, 6.07) is 4.68. The number of aryl methyl sites for hydroxylation is 1. The van der Waals surface area contributed by atoms with Crippen molar-refractivity contribution in [3.05, 3.63) is 29.6 Å². The van der Waals surface area contributed by atoms with Crippen molar-refractivity contribution in [1.82, 2.24) is 0 Å². The summed E-state index contributed by atoms with van der Waals surface area (Å²) in [5.74, 6) is -0.817. The maximum atomic E-state index is 13.0. The molecule has 0 spiro atoms. The van der Waals surface area contributed by atoms with Gasteiger partial charge in [0.25, 0.3) is 0 Å². The van der Waals surface area contributed by atoms with Gasteiger partial charge in [0.1, 0.15) is 5.82 Å². The standard InChI is InChI=1S/C12H16FNO2/c1-8-4-10(13)6-11(5-8)14-7-9(2)12(15)16-3/h4-6,9,14H,7H2,1-3H3. The van der Waals surface area contributed by atoms with E-state index in [-0.39, 0.29) is 17.7 Å². The Bertz CT molecular complexity index is 359. The van der Waals surface area contributed by atoms with E-state index < -0.39 is 0 Å². The largest absolute Gasteiger partial charge is 0.469 e. The third-order valence-corrected chi connectivity index (χ3v) is 2.26. The SMILES string of the molecule is COC(=O)C(C)CNc1cc(C)cc(F)c1. The number of rotatable bonds is 4. The number of nitrogens with one attached hydrogen (secondary N) is 1. The number of esters is 1. The van der Waals surface area contributed by atoms with E-state index in [1.54, 1.807) is 6.92 Å². The van der Waals surface area contributed by atoms with Crippen LogP contribution in [-0.4, -0.2) is 19.6 Å². The van der Waals surface area contributed by atoms with Crippen LogP contribution in [0.2, 0.25) is 0 Å². The molecule has 0 aliphatic heterocycles. The van der Waals surface area contributed by atoms with E-state index in [4.69, 9.17) is 0 Å². The minimum atomic E-state index is -0.284. The number of benzene rings is 1. The van der Waals surface area contributed by atoms with Crippen LogP contribution in [0.15, 0.2) is 18.2 Å². The van der Waals surface area contributed by atoms with Crippen LogP contribution in [0.25, 0.3) is 0 Å². The van der Waals surface area contributed by atoms with Gasteiger partial charge in [-0.05, 0) is 30.7 Å². The second-order valence-corrected chi connectivity index (χ2v) is 3.82. The number of methoxy groups -OCH3 is 1. The molecule has 0 aliphatic rings. The zero-order valence-corrected chi connectivity index (χ0v) is 9.71. The van der Waals surface area contributed by atoms with Crippen LogP contribution in [0, 0.1) is 18.7 Å². The Labute approximate surface area is 94.6 Å². The Morgan fingerprint density at radius 3 is 2.75 bits per heavy atom. The summed E-state index contributed by atoms with van der Waals surface area (Å²) in [5.41, 5.74) is 1.52. The van der Waals surface area contributed by atoms with Gasteiger partial charge in [-0.25, -0.2) is 4.39 Å². The maximum absolute atomic E-state index is 13.0. The minimum absolute atomic E-state index is 0.256. The van der Waals surface area contributed by atoms with Gasteiger partial charge < -0.3 is 10.1 Å². The number of hydrogen-bond acceptors (Lipinski definition) is 3. The first-order chi connectivity index (χ1) is 7.52. The summed E-state index contributed by atoms with van der Waals surface area (Å²) in [7, 11) is 1.35. The molecular weight excluding hydrogens is 209 g/mol. The highest BCUT2D eigenvalue weighted by Crippen LogP contribution is 2.13. The van der Waals surface area contributed by atoms with Gasteiger partial charge in [0.2, 0.25) is 0 Å². The van der Waals surface area contributed by atoms with Gasteiger partial charge >= 0.3 is 5.97 Å². The monoisotopic (exact) mass is 225 g/mol. The lowest BCUT2D eigenvalue weighted by molar-refractivity contribution is -0.144. The van der Waals surface area contributed by atoms with Gasteiger partial charge in [-0.1, -0.05) is 6.92 Å². The fourth-order valence-corrected chi connectivity index (χ4v) is 1.39. The van der Waals surface area contributed by atoms with Gasteiger partial charge in [0.05, 0.1) is 13.0 Å². The molecule has 1 N–H and O–H groups in total. The van der Waals surface area contributed by atoms with Crippen molar-refractivity contribution in [2.45, 2.75) is 13.8 Å². The van der Waals surface area contributed by atoms with E-state index >= 15 is 0 Å². The van der Waals surface area contributed by atoms with Crippen molar-refractivity contribution in [1.29, 1.82) is 0 Å². The number of carbonyl (C=O) groups excluding carboxylic acids is 1. The molecule has 0 aliphatic carbocycles. The van der Waals surface area contributed by atoms with Gasteiger partial charge in [-0.2, -0.15) is 0 Å².